The average Bonchev–Trinajstić information content (AvgIpc) is 2.84. The molecule has 4 unspecified atom stereocenters. The summed E-state index contributed by atoms with van der Waals surface area (Å²) >= 11 is 0. The molecule has 0 radical (unpaired) electrons. The molecule has 4 atom stereocenters. The maximum absolute atomic E-state index is 3.52. The third-order valence-electron chi connectivity index (χ3n) is 5.07. The SMILES string of the molecule is CNC(c1ccc(C)cc1)C(C)N1CC(C)C(N(C)C)C1. The third-order valence-corrected chi connectivity index (χ3v) is 5.07. The Morgan fingerprint density at radius 1 is 1.19 bits per heavy atom. The number of likely N-dealkylation sites (N-methyl/N-ethyl adjacent to an activating group) is 2. The molecule has 1 aliphatic heterocycles. The van der Waals surface area contributed by atoms with Crippen LogP contribution in [0.1, 0.15) is 31.0 Å². The maximum atomic E-state index is 3.52. The van der Waals surface area contributed by atoms with E-state index in [1.165, 1.54) is 24.2 Å². The van der Waals surface area contributed by atoms with Gasteiger partial charge in [-0.05, 0) is 46.5 Å². The van der Waals surface area contributed by atoms with Crippen molar-refractivity contribution in [3.05, 3.63) is 35.4 Å². The van der Waals surface area contributed by atoms with Crippen LogP contribution in [0.4, 0.5) is 0 Å². The second kappa shape index (κ2) is 6.91. The van der Waals surface area contributed by atoms with Crippen molar-refractivity contribution < 1.29 is 0 Å². The molecule has 0 bridgehead atoms. The summed E-state index contributed by atoms with van der Waals surface area (Å²) in [6, 6.07) is 10.5. The summed E-state index contributed by atoms with van der Waals surface area (Å²) in [5, 5.41) is 3.52. The van der Waals surface area contributed by atoms with Gasteiger partial charge in [0.05, 0.1) is 0 Å². The fourth-order valence-corrected chi connectivity index (χ4v) is 3.66. The lowest BCUT2D eigenvalue weighted by molar-refractivity contribution is 0.192. The Balaban J connectivity index is 2.10. The lowest BCUT2D eigenvalue weighted by atomic mass is 9.98. The lowest BCUT2D eigenvalue weighted by Gasteiger charge is -2.32. The van der Waals surface area contributed by atoms with Gasteiger partial charge in [-0.15, -0.1) is 0 Å². The van der Waals surface area contributed by atoms with Gasteiger partial charge in [0.1, 0.15) is 0 Å². The fraction of sp³-hybridized carbons (Fsp3) is 0.667. The van der Waals surface area contributed by atoms with E-state index in [0.29, 0.717) is 18.1 Å². The van der Waals surface area contributed by atoms with Crippen molar-refractivity contribution in [2.75, 3.05) is 34.2 Å². The van der Waals surface area contributed by atoms with Crippen LogP contribution in [0.3, 0.4) is 0 Å². The number of likely N-dealkylation sites (tertiary alicyclic amines) is 1. The van der Waals surface area contributed by atoms with Gasteiger partial charge in [0.25, 0.3) is 0 Å². The van der Waals surface area contributed by atoms with Crippen LogP contribution in [0, 0.1) is 12.8 Å². The highest BCUT2D eigenvalue weighted by atomic mass is 15.3. The molecular weight excluding hydrogens is 258 g/mol. The molecule has 0 aromatic heterocycles. The van der Waals surface area contributed by atoms with Crippen molar-refractivity contribution >= 4 is 0 Å². The summed E-state index contributed by atoms with van der Waals surface area (Å²) in [6.07, 6.45) is 0. The van der Waals surface area contributed by atoms with E-state index in [2.05, 4.69) is 81.3 Å². The van der Waals surface area contributed by atoms with Crippen molar-refractivity contribution in [1.82, 2.24) is 15.1 Å². The largest absolute Gasteiger partial charge is 0.312 e. The first-order chi connectivity index (χ1) is 9.93. The van der Waals surface area contributed by atoms with E-state index in [4.69, 9.17) is 0 Å². The van der Waals surface area contributed by atoms with Gasteiger partial charge < -0.3 is 10.2 Å². The molecule has 1 saturated heterocycles. The zero-order valence-corrected chi connectivity index (χ0v) is 14.4. The minimum absolute atomic E-state index is 0.388. The lowest BCUT2D eigenvalue weighted by Crippen LogP contribution is -2.42. The Morgan fingerprint density at radius 3 is 2.29 bits per heavy atom. The van der Waals surface area contributed by atoms with Gasteiger partial charge in [-0.2, -0.15) is 0 Å². The minimum atomic E-state index is 0.388. The molecule has 2 rings (SSSR count). The van der Waals surface area contributed by atoms with Crippen LogP contribution < -0.4 is 5.32 Å². The summed E-state index contributed by atoms with van der Waals surface area (Å²) in [5.41, 5.74) is 2.71. The highest BCUT2D eigenvalue weighted by molar-refractivity contribution is 5.25. The Kier molecular flexibility index (Phi) is 5.42. The molecule has 1 aromatic carbocycles. The molecule has 118 valence electrons. The molecule has 1 heterocycles. The summed E-state index contributed by atoms with van der Waals surface area (Å²) in [4.78, 5) is 5.01. The van der Waals surface area contributed by atoms with Gasteiger partial charge in [-0.1, -0.05) is 36.8 Å². The van der Waals surface area contributed by atoms with Crippen molar-refractivity contribution in [3.63, 3.8) is 0 Å². The first kappa shape index (κ1) is 16.5. The van der Waals surface area contributed by atoms with Crippen molar-refractivity contribution in [3.8, 4) is 0 Å². The second-order valence-electron chi connectivity index (χ2n) is 6.88. The molecule has 3 nitrogen and oxygen atoms in total. The van der Waals surface area contributed by atoms with Gasteiger partial charge in [0.2, 0.25) is 0 Å². The molecule has 1 N–H and O–H groups in total. The predicted molar refractivity (Wildman–Crippen MR) is 90.7 cm³/mol. The van der Waals surface area contributed by atoms with Gasteiger partial charge in [0, 0.05) is 31.2 Å². The van der Waals surface area contributed by atoms with Gasteiger partial charge in [-0.25, -0.2) is 0 Å². The van der Waals surface area contributed by atoms with Crippen LogP contribution >= 0.6 is 0 Å². The zero-order valence-electron chi connectivity index (χ0n) is 14.4. The highest BCUT2D eigenvalue weighted by Crippen LogP contribution is 2.28. The first-order valence-electron chi connectivity index (χ1n) is 8.08. The van der Waals surface area contributed by atoms with E-state index in [1.54, 1.807) is 0 Å². The Bertz CT molecular complexity index is 440. The molecule has 21 heavy (non-hydrogen) atoms. The number of nitrogens with zero attached hydrogens (tertiary/aromatic N) is 2. The van der Waals surface area contributed by atoms with Crippen LogP contribution in [0.2, 0.25) is 0 Å². The summed E-state index contributed by atoms with van der Waals surface area (Å²) in [6.45, 7) is 9.22. The van der Waals surface area contributed by atoms with Crippen LogP contribution in [-0.4, -0.2) is 56.1 Å². The first-order valence-corrected chi connectivity index (χ1v) is 8.08. The number of aryl methyl sites for hydroxylation is 1. The topological polar surface area (TPSA) is 18.5 Å². The number of hydrogen-bond donors (Lipinski definition) is 1. The monoisotopic (exact) mass is 289 g/mol. The zero-order chi connectivity index (χ0) is 15.6. The number of nitrogens with one attached hydrogen (secondary N) is 1. The normalized spacial score (nSPS) is 26.2. The molecule has 1 aliphatic rings. The summed E-state index contributed by atoms with van der Waals surface area (Å²) < 4.78 is 0. The van der Waals surface area contributed by atoms with Crippen molar-refractivity contribution in [2.45, 2.75) is 38.9 Å². The van der Waals surface area contributed by atoms with Gasteiger partial charge >= 0.3 is 0 Å². The van der Waals surface area contributed by atoms with Crippen molar-refractivity contribution in [2.24, 2.45) is 5.92 Å². The van der Waals surface area contributed by atoms with E-state index in [9.17, 15) is 0 Å². The molecule has 3 heteroatoms. The summed E-state index contributed by atoms with van der Waals surface area (Å²) in [7, 11) is 6.47. The summed E-state index contributed by atoms with van der Waals surface area (Å²) in [5.74, 6) is 0.734. The number of benzene rings is 1. The smallest absolute Gasteiger partial charge is 0.0473 e. The Morgan fingerprint density at radius 2 is 1.81 bits per heavy atom. The van der Waals surface area contributed by atoms with E-state index in [1.807, 2.05) is 0 Å². The quantitative estimate of drug-likeness (QED) is 0.898. The van der Waals surface area contributed by atoms with Gasteiger partial charge in [0.15, 0.2) is 0 Å². The Hall–Kier alpha value is -0.900. The molecule has 1 fully saturated rings. The highest BCUT2D eigenvalue weighted by Gasteiger charge is 2.35. The second-order valence-corrected chi connectivity index (χ2v) is 6.88. The maximum Gasteiger partial charge on any atom is 0.0473 e. The van der Waals surface area contributed by atoms with E-state index in [-0.39, 0.29) is 0 Å². The van der Waals surface area contributed by atoms with E-state index >= 15 is 0 Å². The number of hydrogen-bond acceptors (Lipinski definition) is 3. The fourth-order valence-electron chi connectivity index (χ4n) is 3.66. The van der Waals surface area contributed by atoms with Crippen LogP contribution in [0.25, 0.3) is 0 Å². The molecule has 0 amide bonds. The Labute approximate surface area is 130 Å². The number of rotatable bonds is 5. The van der Waals surface area contributed by atoms with E-state index < -0.39 is 0 Å². The molecule has 1 aromatic rings. The van der Waals surface area contributed by atoms with Crippen LogP contribution in [0.5, 0.6) is 0 Å². The third kappa shape index (κ3) is 3.65. The predicted octanol–water partition coefficient (Wildman–Crippen LogP) is 2.53. The molecular formula is C18H31N3. The molecule has 0 aliphatic carbocycles. The van der Waals surface area contributed by atoms with E-state index in [0.717, 1.165) is 5.92 Å². The molecule has 0 spiro atoms. The average molecular weight is 289 g/mol. The minimum Gasteiger partial charge on any atom is -0.312 e. The van der Waals surface area contributed by atoms with Crippen molar-refractivity contribution in [1.29, 1.82) is 0 Å². The van der Waals surface area contributed by atoms with Crippen LogP contribution in [0.15, 0.2) is 24.3 Å². The standard InChI is InChI=1S/C18H31N3/c1-13-7-9-16(10-8-13)18(19-4)15(3)21-11-14(2)17(12-21)20(5)6/h7-10,14-15,17-19H,11-12H2,1-6H3. The van der Waals surface area contributed by atoms with Gasteiger partial charge in [-0.3, -0.25) is 4.90 Å². The van der Waals surface area contributed by atoms with Crippen LogP contribution in [-0.2, 0) is 0 Å². The molecule has 0 saturated carbocycles.